The van der Waals surface area contributed by atoms with Gasteiger partial charge < -0.3 is 9.42 Å². The van der Waals surface area contributed by atoms with Crippen LogP contribution in [0.1, 0.15) is 12.3 Å². The van der Waals surface area contributed by atoms with E-state index >= 15 is 0 Å². The Morgan fingerprint density at radius 1 is 1.32 bits per heavy atom. The van der Waals surface area contributed by atoms with Gasteiger partial charge in [0.2, 0.25) is 17.6 Å². The van der Waals surface area contributed by atoms with Crippen LogP contribution in [0.5, 0.6) is 0 Å². The van der Waals surface area contributed by atoms with Gasteiger partial charge in [-0.25, -0.2) is 0 Å². The fraction of sp³-hybridized carbons (Fsp3) is 0.308. The van der Waals surface area contributed by atoms with Crippen molar-refractivity contribution >= 4 is 17.5 Å². The summed E-state index contributed by atoms with van der Waals surface area (Å²) in [5.41, 5.74) is 0.832. The predicted molar refractivity (Wildman–Crippen MR) is 71.8 cm³/mol. The zero-order valence-electron chi connectivity index (χ0n) is 10.8. The first-order valence-electron chi connectivity index (χ1n) is 5.85. The number of hydrogen-bond acceptors (Lipinski definition) is 4. The summed E-state index contributed by atoms with van der Waals surface area (Å²) in [5, 5.41) is 4.54. The minimum Gasteiger partial charge on any atom is -0.349 e. The molecule has 0 radical (unpaired) electrons. The van der Waals surface area contributed by atoms with Crippen LogP contribution < -0.4 is 0 Å². The molecule has 0 aliphatic rings. The first-order valence-corrected chi connectivity index (χ1v) is 6.23. The van der Waals surface area contributed by atoms with E-state index in [1.807, 2.05) is 12.1 Å². The van der Waals surface area contributed by atoms with Crippen LogP contribution in [0.4, 0.5) is 0 Å². The maximum atomic E-state index is 11.5. The predicted octanol–water partition coefficient (Wildman–Crippen LogP) is 2.41. The fourth-order valence-electron chi connectivity index (χ4n) is 1.51. The average molecular weight is 280 g/mol. The number of aryl methyl sites for hydroxylation is 1. The molecule has 1 amide bonds. The number of amides is 1. The lowest BCUT2D eigenvalue weighted by molar-refractivity contribution is -0.128. The van der Waals surface area contributed by atoms with Crippen LogP contribution in [-0.4, -0.2) is 35.0 Å². The van der Waals surface area contributed by atoms with Gasteiger partial charge in [-0.3, -0.25) is 4.79 Å². The molecule has 0 unspecified atom stereocenters. The second-order valence-corrected chi connectivity index (χ2v) is 4.74. The number of carbonyl (C=O) groups is 1. The Bertz CT molecular complexity index is 564. The van der Waals surface area contributed by atoms with Crippen molar-refractivity contribution < 1.29 is 9.32 Å². The molecule has 0 spiro atoms. The maximum absolute atomic E-state index is 11.5. The SMILES string of the molecule is CN(C)C(=O)CCc1nc(-c2ccc(Cl)cc2)no1. The molecule has 5 nitrogen and oxygen atoms in total. The molecule has 100 valence electrons. The van der Waals surface area contributed by atoms with Gasteiger partial charge in [0.25, 0.3) is 0 Å². The molecule has 0 N–H and O–H groups in total. The van der Waals surface area contributed by atoms with Crippen molar-refractivity contribution in [2.75, 3.05) is 14.1 Å². The second-order valence-electron chi connectivity index (χ2n) is 4.31. The third kappa shape index (κ3) is 3.54. The monoisotopic (exact) mass is 279 g/mol. The highest BCUT2D eigenvalue weighted by atomic mass is 35.5. The zero-order chi connectivity index (χ0) is 13.8. The van der Waals surface area contributed by atoms with Crippen LogP contribution in [0, 0.1) is 0 Å². The van der Waals surface area contributed by atoms with E-state index in [1.165, 1.54) is 4.90 Å². The van der Waals surface area contributed by atoms with Gasteiger partial charge in [-0.2, -0.15) is 4.98 Å². The summed E-state index contributed by atoms with van der Waals surface area (Å²) in [6, 6.07) is 7.18. The summed E-state index contributed by atoms with van der Waals surface area (Å²) in [5.74, 6) is 0.996. The van der Waals surface area contributed by atoms with Crippen molar-refractivity contribution in [3.05, 3.63) is 35.2 Å². The Balaban J connectivity index is 2.03. The van der Waals surface area contributed by atoms with Crippen LogP contribution in [0.2, 0.25) is 5.02 Å². The van der Waals surface area contributed by atoms with Gasteiger partial charge in [-0.1, -0.05) is 16.8 Å². The molecule has 1 aromatic heterocycles. The quantitative estimate of drug-likeness (QED) is 0.862. The number of halogens is 1. The van der Waals surface area contributed by atoms with Gasteiger partial charge in [-0.05, 0) is 24.3 Å². The summed E-state index contributed by atoms with van der Waals surface area (Å²) in [4.78, 5) is 17.2. The van der Waals surface area contributed by atoms with Crippen molar-refractivity contribution in [2.24, 2.45) is 0 Å². The number of benzene rings is 1. The second kappa shape index (κ2) is 5.84. The van der Waals surface area contributed by atoms with Crippen molar-refractivity contribution in [2.45, 2.75) is 12.8 Å². The van der Waals surface area contributed by atoms with Crippen molar-refractivity contribution in [1.29, 1.82) is 0 Å². The molecule has 0 fully saturated rings. The molecule has 2 rings (SSSR count). The Hall–Kier alpha value is -1.88. The highest BCUT2D eigenvalue weighted by molar-refractivity contribution is 6.30. The molecule has 1 aromatic carbocycles. The van der Waals surface area contributed by atoms with Crippen molar-refractivity contribution in [1.82, 2.24) is 15.0 Å². The van der Waals surface area contributed by atoms with Gasteiger partial charge in [0.1, 0.15) is 0 Å². The van der Waals surface area contributed by atoms with E-state index in [9.17, 15) is 4.79 Å². The summed E-state index contributed by atoms with van der Waals surface area (Å²) < 4.78 is 5.11. The minimum atomic E-state index is 0.0336. The van der Waals surface area contributed by atoms with E-state index in [4.69, 9.17) is 16.1 Å². The lowest BCUT2D eigenvalue weighted by Crippen LogP contribution is -2.21. The Labute approximate surface area is 116 Å². The van der Waals surface area contributed by atoms with E-state index in [1.54, 1.807) is 26.2 Å². The number of nitrogens with zero attached hydrogens (tertiary/aromatic N) is 3. The van der Waals surface area contributed by atoms with Crippen LogP contribution in [0.25, 0.3) is 11.4 Å². The first kappa shape index (κ1) is 13.5. The number of rotatable bonds is 4. The molecule has 6 heteroatoms. The van der Waals surface area contributed by atoms with Crippen LogP contribution in [0.3, 0.4) is 0 Å². The zero-order valence-corrected chi connectivity index (χ0v) is 11.5. The van der Waals surface area contributed by atoms with Crippen molar-refractivity contribution in [3.63, 3.8) is 0 Å². The molecule has 0 bridgehead atoms. The van der Waals surface area contributed by atoms with Crippen LogP contribution >= 0.6 is 11.6 Å². The minimum absolute atomic E-state index is 0.0336. The molecule has 0 aliphatic carbocycles. The van der Waals surface area contributed by atoms with Crippen molar-refractivity contribution in [3.8, 4) is 11.4 Å². The molecular formula is C13H14ClN3O2. The molecule has 0 saturated carbocycles. The molecule has 0 aliphatic heterocycles. The highest BCUT2D eigenvalue weighted by Crippen LogP contribution is 2.18. The number of carbonyl (C=O) groups excluding carboxylic acids is 1. The molecular weight excluding hydrogens is 266 g/mol. The topological polar surface area (TPSA) is 59.2 Å². The third-order valence-corrected chi connectivity index (χ3v) is 2.87. The van der Waals surface area contributed by atoms with E-state index in [-0.39, 0.29) is 5.91 Å². The first-order chi connectivity index (χ1) is 9.06. The van der Waals surface area contributed by atoms with Crippen LogP contribution in [-0.2, 0) is 11.2 Å². The fourth-order valence-corrected chi connectivity index (χ4v) is 1.64. The molecule has 0 atom stereocenters. The van der Waals surface area contributed by atoms with Crippen LogP contribution in [0.15, 0.2) is 28.8 Å². The van der Waals surface area contributed by atoms with Gasteiger partial charge >= 0.3 is 0 Å². The average Bonchev–Trinajstić information content (AvgIpc) is 2.85. The Kier molecular flexibility index (Phi) is 4.16. The normalized spacial score (nSPS) is 10.5. The molecule has 2 aromatic rings. The van der Waals surface area contributed by atoms with E-state index in [2.05, 4.69) is 10.1 Å². The number of hydrogen-bond donors (Lipinski definition) is 0. The number of aromatic nitrogens is 2. The van der Waals surface area contributed by atoms with Gasteiger partial charge in [0.05, 0.1) is 0 Å². The maximum Gasteiger partial charge on any atom is 0.227 e. The summed E-state index contributed by atoms with van der Waals surface area (Å²) in [7, 11) is 3.44. The molecule has 1 heterocycles. The van der Waals surface area contributed by atoms with Gasteiger partial charge in [-0.15, -0.1) is 0 Å². The lowest BCUT2D eigenvalue weighted by Gasteiger charge is -2.07. The summed E-state index contributed by atoms with van der Waals surface area (Å²) in [6.45, 7) is 0. The summed E-state index contributed by atoms with van der Waals surface area (Å²) in [6.07, 6.45) is 0.798. The largest absolute Gasteiger partial charge is 0.349 e. The van der Waals surface area contributed by atoms with E-state index < -0.39 is 0 Å². The van der Waals surface area contributed by atoms with E-state index in [0.29, 0.717) is 29.6 Å². The Morgan fingerprint density at radius 3 is 2.63 bits per heavy atom. The summed E-state index contributed by atoms with van der Waals surface area (Å²) >= 11 is 5.81. The van der Waals surface area contributed by atoms with E-state index in [0.717, 1.165) is 5.56 Å². The smallest absolute Gasteiger partial charge is 0.227 e. The van der Waals surface area contributed by atoms with Gasteiger partial charge in [0, 0.05) is 37.5 Å². The standard InChI is InChI=1S/C13H14ClN3O2/c1-17(2)12(18)8-7-11-15-13(16-19-11)9-3-5-10(14)6-4-9/h3-6H,7-8H2,1-2H3. The third-order valence-electron chi connectivity index (χ3n) is 2.62. The van der Waals surface area contributed by atoms with Gasteiger partial charge in [0.15, 0.2) is 0 Å². The Morgan fingerprint density at radius 2 is 2.00 bits per heavy atom. The molecule has 0 saturated heterocycles. The highest BCUT2D eigenvalue weighted by Gasteiger charge is 2.11. The lowest BCUT2D eigenvalue weighted by atomic mass is 10.2. The molecule has 19 heavy (non-hydrogen) atoms.